The number of benzene rings is 1. The first-order chi connectivity index (χ1) is 8.70. The molecule has 2 rings (SSSR count). The molecule has 0 unspecified atom stereocenters. The Morgan fingerprint density at radius 1 is 1.33 bits per heavy atom. The van der Waals surface area contributed by atoms with Crippen LogP contribution < -0.4 is 0 Å². The number of carboxylic acid groups (broad SMARTS) is 1. The summed E-state index contributed by atoms with van der Waals surface area (Å²) in [6, 6.07) is 10.9. The number of hydrogen-bond donors (Lipinski definition) is 1. The van der Waals surface area contributed by atoms with E-state index in [1.165, 1.54) is 0 Å². The van der Waals surface area contributed by atoms with E-state index in [-0.39, 0.29) is 5.75 Å². The van der Waals surface area contributed by atoms with Crippen LogP contribution in [-0.4, -0.2) is 23.1 Å². The first-order valence-corrected chi connectivity index (χ1v) is 6.18. The number of carboxylic acids is 1. The third-order valence-electron chi connectivity index (χ3n) is 2.24. The van der Waals surface area contributed by atoms with Gasteiger partial charge in [0.2, 0.25) is 0 Å². The lowest BCUT2D eigenvalue weighted by Gasteiger charge is -1.96. The van der Waals surface area contributed by atoms with Crippen LogP contribution in [0.25, 0.3) is 11.3 Å². The molecule has 1 heterocycles. The predicted octanol–water partition coefficient (Wildman–Crippen LogP) is 2.94. The highest BCUT2D eigenvalue weighted by molar-refractivity contribution is 7.99. The molecule has 1 N–H and O–H groups in total. The Hall–Kier alpha value is -2.01. The highest BCUT2D eigenvalue weighted by atomic mass is 32.2. The lowest BCUT2D eigenvalue weighted by atomic mass is 10.1. The second-order valence-corrected chi connectivity index (χ2v) is 4.47. The zero-order chi connectivity index (χ0) is 13.0. The molecule has 4 nitrogen and oxygen atoms in total. The van der Waals surface area contributed by atoms with E-state index >= 15 is 0 Å². The summed E-state index contributed by atoms with van der Waals surface area (Å²) >= 11 is 0.998. The van der Waals surface area contributed by atoms with Gasteiger partial charge in [0.05, 0.1) is 11.3 Å². The van der Waals surface area contributed by atoms with Crippen LogP contribution >= 0.6 is 11.8 Å². The smallest absolute Gasteiger partial charge is 0.313 e. The SMILES string of the molecule is O=Cc1cc(-c2ccccc2)oc1SCC(=O)O. The molecule has 0 atom stereocenters. The van der Waals surface area contributed by atoms with Gasteiger partial charge in [0.15, 0.2) is 11.4 Å². The number of furan rings is 1. The normalized spacial score (nSPS) is 10.2. The molecule has 0 bridgehead atoms. The average Bonchev–Trinajstić information content (AvgIpc) is 2.80. The first-order valence-electron chi connectivity index (χ1n) is 5.19. The molecule has 0 aliphatic heterocycles. The van der Waals surface area contributed by atoms with Crippen molar-refractivity contribution in [3.05, 3.63) is 42.0 Å². The maximum atomic E-state index is 10.9. The van der Waals surface area contributed by atoms with Gasteiger partial charge in [0, 0.05) is 5.56 Å². The largest absolute Gasteiger partial charge is 0.481 e. The van der Waals surface area contributed by atoms with Crippen molar-refractivity contribution in [2.75, 3.05) is 5.75 Å². The van der Waals surface area contributed by atoms with Crippen LogP contribution in [0.5, 0.6) is 0 Å². The van der Waals surface area contributed by atoms with E-state index in [1.54, 1.807) is 6.07 Å². The second kappa shape index (κ2) is 5.55. The fourth-order valence-corrected chi connectivity index (χ4v) is 2.13. The van der Waals surface area contributed by atoms with Crippen molar-refractivity contribution in [2.24, 2.45) is 0 Å². The average molecular weight is 262 g/mol. The molecule has 2 aromatic rings. The van der Waals surface area contributed by atoms with Crippen molar-refractivity contribution in [3.63, 3.8) is 0 Å². The molecule has 0 amide bonds. The quantitative estimate of drug-likeness (QED) is 0.662. The van der Waals surface area contributed by atoms with Crippen LogP contribution in [0.3, 0.4) is 0 Å². The maximum Gasteiger partial charge on any atom is 0.313 e. The molecule has 92 valence electrons. The van der Waals surface area contributed by atoms with Crippen molar-refractivity contribution in [1.82, 2.24) is 0 Å². The summed E-state index contributed by atoms with van der Waals surface area (Å²) in [5, 5.41) is 8.95. The minimum Gasteiger partial charge on any atom is -0.481 e. The number of aldehydes is 1. The molecule has 0 saturated carbocycles. The summed E-state index contributed by atoms with van der Waals surface area (Å²) in [4.78, 5) is 21.4. The molecule has 1 aromatic heterocycles. The Balaban J connectivity index is 2.29. The summed E-state index contributed by atoms with van der Waals surface area (Å²) in [7, 11) is 0. The van der Waals surface area contributed by atoms with Gasteiger partial charge in [-0.2, -0.15) is 0 Å². The van der Waals surface area contributed by atoms with Crippen molar-refractivity contribution in [1.29, 1.82) is 0 Å². The van der Waals surface area contributed by atoms with Gasteiger partial charge in [-0.15, -0.1) is 0 Å². The lowest BCUT2D eigenvalue weighted by Crippen LogP contribution is -1.97. The van der Waals surface area contributed by atoms with E-state index in [9.17, 15) is 9.59 Å². The molecule has 1 aromatic carbocycles. The Kier molecular flexibility index (Phi) is 3.84. The minimum atomic E-state index is -0.950. The Bertz CT molecular complexity index is 560. The van der Waals surface area contributed by atoms with Crippen LogP contribution in [0.1, 0.15) is 10.4 Å². The van der Waals surface area contributed by atoms with Gasteiger partial charge in [0.25, 0.3) is 0 Å². The van der Waals surface area contributed by atoms with E-state index < -0.39 is 5.97 Å². The van der Waals surface area contributed by atoms with Gasteiger partial charge in [-0.05, 0) is 6.07 Å². The summed E-state index contributed by atoms with van der Waals surface area (Å²) in [5.41, 5.74) is 1.22. The number of carbonyl (C=O) groups is 2. The second-order valence-electron chi connectivity index (χ2n) is 3.52. The monoisotopic (exact) mass is 262 g/mol. The highest BCUT2D eigenvalue weighted by Crippen LogP contribution is 2.31. The molecule has 0 aliphatic rings. The van der Waals surface area contributed by atoms with Crippen LogP contribution in [0, 0.1) is 0 Å². The van der Waals surface area contributed by atoms with Gasteiger partial charge < -0.3 is 9.52 Å². The maximum absolute atomic E-state index is 10.9. The third kappa shape index (κ3) is 2.81. The molecule has 0 spiro atoms. The molecule has 0 saturated heterocycles. The van der Waals surface area contributed by atoms with Gasteiger partial charge in [-0.3, -0.25) is 9.59 Å². The molecule has 5 heteroatoms. The van der Waals surface area contributed by atoms with Crippen LogP contribution in [0.15, 0.2) is 45.9 Å². The Morgan fingerprint density at radius 2 is 2.06 bits per heavy atom. The first kappa shape index (κ1) is 12.4. The Morgan fingerprint density at radius 3 is 2.67 bits per heavy atom. The van der Waals surface area contributed by atoms with E-state index in [2.05, 4.69) is 0 Å². The summed E-state index contributed by atoms with van der Waals surface area (Å²) < 4.78 is 5.51. The molecule has 0 radical (unpaired) electrons. The molecular weight excluding hydrogens is 252 g/mol. The lowest BCUT2D eigenvalue weighted by molar-refractivity contribution is -0.133. The van der Waals surface area contributed by atoms with Gasteiger partial charge >= 0.3 is 5.97 Å². The van der Waals surface area contributed by atoms with Gasteiger partial charge in [-0.25, -0.2) is 0 Å². The summed E-state index contributed by atoms with van der Waals surface area (Å²) in [5.74, 6) is -0.525. The number of aliphatic carboxylic acids is 1. The van der Waals surface area contributed by atoms with Crippen LogP contribution in [0.4, 0.5) is 0 Å². The topological polar surface area (TPSA) is 67.5 Å². The van der Waals surface area contributed by atoms with Crippen molar-refractivity contribution >= 4 is 24.0 Å². The van der Waals surface area contributed by atoms with Gasteiger partial charge in [0.1, 0.15) is 5.76 Å². The standard InChI is InChI=1S/C13H10O4S/c14-7-10-6-11(9-4-2-1-3-5-9)17-13(10)18-8-12(15)16/h1-7H,8H2,(H,15,16). The molecule has 18 heavy (non-hydrogen) atoms. The van der Waals surface area contributed by atoms with Crippen LogP contribution in [-0.2, 0) is 4.79 Å². The fraction of sp³-hybridized carbons (Fsp3) is 0.0769. The predicted molar refractivity (Wildman–Crippen MR) is 67.9 cm³/mol. The van der Waals surface area contributed by atoms with Crippen LogP contribution in [0.2, 0.25) is 0 Å². The van der Waals surface area contributed by atoms with Crippen molar-refractivity contribution < 1.29 is 19.1 Å². The van der Waals surface area contributed by atoms with E-state index in [4.69, 9.17) is 9.52 Å². The Labute approximate surface area is 108 Å². The zero-order valence-electron chi connectivity index (χ0n) is 9.33. The number of hydrogen-bond acceptors (Lipinski definition) is 4. The number of rotatable bonds is 5. The van der Waals surface area contributed by atoms with Gasteiger partial charge in [-0.1, -0.05) is 42.1 Å². The number of carbonyl (C=O) groups excluding carboxylic acids is 1. The van der Waals surface area contributed by atoms with E-state index in [0.717, 1.165) is 17.3 Å². The number of thioether (sulfide) groups is 1. The zero-order valence-corrected chi connectivity index (χ0v) is 10.1. The van der Waals surface area contributed by atoms with E-state index in [1.807, 2.05) is 30.3 Å². The molecule has 0 aliphatic carbocycles. The highest BCUT2D eigenvalue weighted by Gasteiger charge is 2.13. The van der Waals surface area contributed by atoms with Crippen molar-refractivity contribution in [3.8, 4) is 11.3 Å². The van der Waals surface area contributed by atoms with Crippen molar-refractivity contribution in [2.45, 2.75) is 5.09 Å². The minimum absolute atomic E-state index is 0.136. The third-order valence-corrected chi connectivity index (χ3v) is 3.21. The molecular formula is C13H10O4S. The molecule has 0 fully saturated rings. The summed E-state index contributed by atoms with van der Waals surface area (Å²) in [6.45, 7) is 0. The fourth-order valence-electron chi connectivity index (χ4n) is 1.46. The van der Waals surface area contributed by atoms with E-state index in [0.29, 0.717) is 22.7 Å². The summed E-state index contributed by atoms with van der Waals surface area (Å²) in [6.07, 6.45) is 0.667.